The number of rotatable bonds is 7. The first kappa shape index (κ1) is 19.2. The molecule has 0 aromatic heterocycles. The first-order valence-electron chi connectivity index (χ1n) is 7.61. The number of nitrogens with zero attached hydrogens (tertiary/aromatic N) is 1. The maximum atomic E-state index is 12.0. The van der Waals surface area contributed by atoms with E-state index in [4.69, 9.17) is 16.3 Å². The number of ether oxygens (including phenoxy) is 1. The minimum atomic E-state index is -0.585. The molecule has 0 radical (unpaired) electrons. The van der Waals surface area contributed by atoms with Gasteiger partial charge in [0.05, 0.1) is 4.92 Å². The average Bonchev–Trinajstić information content (AvgIpc) is 2.60. The summed E-state index contributed by atoms with van der Waals surface area (Å²) in [5.74, 6) is -0.0893. The molecule has 0 saturated heterocycles. The number of carbonyl (C=O) groups is 2. The van der Waals surface area contributed by atoms with E-state index < -0.39 is 4.92 Å². The van der Waals surface area contributed by atoms with Crippen LogP contribution in [0.25, 0.3) is 0 Å². The number of benzene rings is 2. The predicted molar refractivity (Wildman–Crippen MR) is 95.6 cm³/mol. The second-order valence-electron chi connectivity index (χ2n) is 5.23. The zero-order valence-electron chi connectivity index (χ0n) is 13.8. The zero-order chi connectivity index (χ0) is 19.1. The number of hydrogen-bond acceptors (Lipinski definition) is 5. The second-order valence-corrected chi connectivity index (χ2v) is 5.67. The van der Waals surface area contributed by atoms with Crippen LogP contribution in [0, 0.1) is 10.1 Å². The number of halogens is 1. The van der Waals surface area contributed by atoms with Gasteiger partial charge in [0.1, 0.15) is 5.75 Å². The lowest BCUT2D eigenvalue weighted by atomic mass is 10.2. The van der Waals surface area contributed by atoms with Crippen molar-refractivity contribution >= 4 is 29.1 Å². The first-order valence-corrected chi connectivity index (χ1v) is 7.99. The minimum absolute atomic E-state index is 0.0481. The van der Waals surface area contributed by atoms with E-state index in [1.807, 2.05) is 0 Å². The number of hydrogen-bond donors (Lipinski definition) is 2. The van der Waals surface area contributed by atoms with Gasteiger partial charge in [-0.05, 0) is 36.4 Å². The Hall–Kier alpha value is -3.13. The van der Waals surface area contributed by atoms with Crippen LogP contribution >= 0.6 is 11.6 Å². The zero-order valence-corrected chi connectivity index (χ0v) is 14.6. The number of nitrogens with one attached hydrogen (secondary N) is 2. The molecule has 2 N–H and O–H groups in total. The molecule has 0 spiro atoms. The van der Waals surface area contributed by atoms with Crippen LogP contribution in [0.5, 0.6) is 11.5 Å². The Bertz CT molecular complexity index is 824. The summed E-state index contributed by atoms with van der Waals surface area (Å²) in [7, 11) is 0. The van der Waals surface area contributed by atoms with Crippen molar-refractivity contribution in [1.29, 1.82) is 0 Å². The van der Waals surface area contributed by atoms with Gasteiger partial charge in [-0.1, -0.05) is 11.6 Å². The Morgan fingerprint density at radius 3 is 2.38 bits per heavy atom. The van der Waals surface area contributed by atoms with Crippen LogP contribution in [0.4, 0.5) is 5.69 Å². The van der Waals surface area contributed by atoms with Gasteiger partial charge in [-0.3, -0.25) is 19.7 Å². The van der Waals surface area contributed by atoms with Crippen molar-refractivity contribution in [1.82, 2.24) is 10.6 Å². The standard InChI is InChI=1S/C17H16ClN3O5/c1-11(22)19-8-9-20-17(23)12-2-5-14(6-3-12)26-16-7-4-13(18)10-15(16)21(24)25/h2-7,10H,8-9H2,1H3,(H,19,22)(H,20,23). The molecule has 0 atom stereocenters. The Morgan fingerprint density at radius 2 is 1.77 bits per heavy atom. The molecular formula is C17H16ClN3O5. The highest BCUT2D eigenvalue weighted by Gasteiger charge is 2.16. The van der Waals surface area contributed by atoms with E-state index in [1.165, 1.54) is 49.4 Å². The van der Waals surface area contributed by atoms with Crippen LogP contribution < -0.4 is 15.4 Å². The Kier molecular flexibility index (Phi) is 6.51. The molecule has 0 fully saturated rings. The number of amides is 2. The lowest BCUT2D eigenvalue weighted by Gasteiger charge is -2.08. The molecule has 0 unspecified atom stereocenters. The predicted octanol–water partition coefficient (Wildman–Crippen LogP) is 2.91. The lowest BCUT2D eigenvalue weighted by Crippen LogP contribution is -2.33. The third-order valence-electron chi connectivity index (χ3n) is 3.25. The summed E-state index contributed by atoms with van der Waals surface area (Å²) >= 11 is 5.76. The molecule has 136 valence electrons. The van der Waals surface area contributed by atoms with Gasteiger partial charge in [0, 0.05) is 36.7 Å². The van der Waals surface area contributed by atoms with Gasteiger partial charge in [0.2, 0.25) is 11.7 Å². The van der Waals surface area contributed by atoms with Crippen molar-refractivity contribution in [2.75, 3.05) is 13.1 Å². The van der Waals surface area contributed by atoms with Crippen LogP contribution in [-0.4, -0.2) is 29.8 Å². The molecular weight excluding hydrogens is 362 g/mol. The fourth-order valence-corrected chi connectivity index (χ4v) is 2.20. The highest BCUT2D eigenvalue weighted by Crippen LogP contribution is 2.33. The van der Waals surface area contributed by atoms with Gasteiger partial charge in [0.15, 0.2) is 0 Å². The van der Waals surface area contributed by atoms with Crippen molar-refractivity contribution in [2.45, 2.75) is 6.92 Å². The fourth-order valence-electron chi connectivity index (χ4n) is 2.04. The molecule has 2 amide bonds. The molecule has 26 heavy (non-hydrogen) atoms. The monoisotopic (exact) mass is 377 g/mol. The van der Waals surface area contributed by atoms with Crippen molar-refractivity contribution < 1.29 is 19.2 Å². The molecule has 0 aliphatic rings. The van der Waals surface area contributed by atoms with Gasteiger partial charge in [-0.2, -0.15) is 0 Å². The van der Waals surface area contributed by atoms with E-state index in [9.17, 15) is 19.7 Å². The summed E-state index contributed by atoms with van der Waals surface area (Å²) in [4.78, 5) is 33.2. The highest BCUT2D eigenvalue weighted by molar-refractivity contribution is 6.30. The minimum Gasteiger partial charge on any atom is -0.450 e. The van der Waals surface area contributed by atoms with Crippen molar-refractivity contribution in [3.63, 3.8) is 0 Å². The van der Waals surface area contributed by atoms with Crippen LogP contribution in [0.3, 0.4) is 0 Å². The number of carbonyl (C=O) groups excluding carboxylic acids is 2. The van der Waals surface area contributed by atoms with Crippen molar-refractivity contribution in [3.05, 3.63) is 63.2 Å². The maximum Gasteiger partial charge on any atom is 0.313 e. The van der Waals surface area contributed by atoms with Gasteiger partial charge in [-0.15, -0.1) is 0 Å². The Morgan fingerprint density at radius 1 is 1.12 bits per heavy atom. The molecule has 0 aliphatic carbocycles. The molecule has 0 saturated carbocycles. The van der Waals surface area contributed by atoms with Gasteiger partial charge in [-0.25, -0.2) is 0 Å². The van der Waals surface area contributed by atoms with Gasteiger partial charge < -0.3 is 15.4 Å². The third-order valence-corrected chi connectivity index (χ3v) is 3.48. The maximum absolute atomic E-state index is 12.0. The summed E-state index contributed by atoms with van der Waals surface area (Å²) in [6, 6.07) is 10.2. The van der Waals surface area contributed by atoms with E-state index in [0.717, 1.165) is 0 Å². The van der Waals surface area contributed by atoms with Gasteiger partial charge >= 0.3 is 5.69 Å². The smallest absolute Gasteiger partial charge is 0.313 e. The molecule has 8 nitrogen and oxygen atoms in total. The lowest BCUT2D eigenvalue weighted by molar-refractivity contribution is -0.385. The van der Waals surface area contributed by atoms with Crippen LogP contribution in [0.15, 0.2) is 42.5 Å². The normalized spacial score (nSPS) is 10.1. The largest absolute Gasteiger partial charge is 0.450 e. The van der Waals surface area contributed by atoms with E-state index in [-0.39, 0.29) is 28.3 Å². The summed E-state index contributed by atoms with van der Waals surface area (Å²) in [5, 5.41) is 16.5. The fraction of sp³-hybridized carbons (Fsp3) is 0.176. The van der Waals surface area contributed by atoms with Crippen LogP contribution in [0.2, 0.25) is 5.02 Å². The molecule has 9 heteroatoms. The van der Waals surface area contributed by atoms with E-state index >= 15 is 0 Å². The summed E-state index contributed by atoms with van der Waals surface area (Å²) in [6.45, 7) is 2.03. The molecule has 2 rings (SSSR count). The van der Waals surface area contributed by atoms with E-state index in [0.29, 0.717) is 24.4 Å². The van der Waals surface area contributed by atoms with Crippen molar-refractivity contribution in [3.8, 4) is 11.5 Å². The Labute approximate surface area is 154 Å². The van der Waals surface area contributed by atoms with E-state index in [1.54, 1.807) is 0 Å². The molecule has 0 aliphatic heterocycles. The Balaban J connectivity index is 2.00. The van der Waals surface area contributed by atoms with Crippen LogP contribution in [-0.2, 0) is 4.79 Å². The number of nitro groups is 1. The first-order chi connectivity index (χ1) is 12.4. The molecule has 2 aromatic carbocycles. The topological polar surface area (TPSA) is 111 Å². The van der Waals surface area contributed by atoms with Crippen LogP contribution in [0.1, 0.15) is 17.3 Å². The summed E-state index contributed by atoms with van der Waals surface area (Å²) in [5.41, 5.74) is 0.142. The molecule has 2 aromatic rings. The number of nitro benzene ring substituents is 1. The highest BCUT2D eigenvalue weighted by atomic mass is 35.5. The van der Waals surface area contributed by atoms with E-state index in [2.05, 4.69) is 10.6 Å². The second kappa shape index (κ2) is 8.82. The third kappa shape index (κ3) is 5.45. The quantitative estimate of drug-likeness (QED) is 0.438. The SMILES string of the molecule is CC(=O)NCCNC(=O)c1ccc(Oc2ccc(Cl)cc2[N+](=O)[O-])cc1. The van der Waals surface area contributed by atoms with Gasteiger partial charge in [0.25, 0.3) is 5.91 Å². The summed E-state index contributed by atoms with van der Waals surface area (Å²) < 4.78 is 5.51. The average molecular weight is 378 g/mol. The molecule has 0 bridgehead atoms. The summed E-state index contributed by atoms with van der Waals surface area (Å²) in [6.07, 6.45) is 0. The van der Waals surface area contributed by atoms with Crippen molar-refractivity contribution in [2.24, 2.45) is 0 Å². The molecule has 0 heterocycles.